The molecule has 6 aromatic rings. The zero-order chi connectivity index (χ0) is 33.3. The van der Waals surface area contributed by atoms with E-state index < -0.39 is 26.6 Å². The molecule has 258 valence electrons. The molecular formula is C40H36As2Cl2O3P3Zr-. The molecule has 7 rings (SSSR count). The van der Waals surface area contributed by atoms with Crippen LogP contribution in [-0.4, -0.2) is 39.8 Å². The van der Waals surface area contributed by atoms with Gasteiger partial charge in [0.1, 0.15) is 5.14 Å². The first-order chi connectivity index (χ1) is 23.5. The first-order valence-corrected chi connectivity index (χ1v) is 25.1. The molecule has 1 heterocycles. The summed E-state index contributed by atoms with van der Waals surface area (Å²) in [6, 6.07) is 55.2. The number of rotatable bonds is 9. The number of hydrogen-bond acceptors (Lipinski definition) is 3. The van der Waals surface area contributed by atoms with E-state index in [0.717, 1.165) is 0 Å². The molecule has 0 fully saturated rings. The average molecular weight is 970 g/mol. The second-order valence-electron chi connectivity index (χ2n) is 11.0. The van der Waals surface area contributed by atoms with Crippen molar-refractivity contribution in [1.29, 1.82) is 0 Å². The molecule has 0 spiro atoms. The van der Waals surface area contributed by atoms with Gasteiger partial charge in [-0.15, -0.1) is 24.8 Å². The molecule has 0 aliphatic carbocycles. The Balaban J connectivity index is 0.000000809. The largest absolute Gasteiger partial charge is 0 e. The van der Waals surface area contributed by atoms with Crippen LogP contribution in [0.25, 0.3) is 0 Å². The monoisotopic (exact) mass is 967 g/mol. The molecule has 1 aliphatic rings. The van der Waals surface area contributed by atoms with Crippen molar-refractivity contribution in [3.63, 3.8) is 0 Å². The van der Waals surface area contributed by atoms with Gasteiger partial charge in [0, 0.05) is 58.0 Å². The van der Waals surface area contributed by atoms with Crippen LogP contribution in [0.15, 0.2) is 192 Å². The van der Waals surface area contributed by atoms with E-state index in [4.69, 9.17) is 0 Å². The molecule has 0 amide bonds. The van der Waals surface area contributed by atoms with Gasteiger partial charge in [-0.05, 0) is 0 Å². The van der Waals surface area contributed by atoms with Gasteiger partial charge in [0.15, 0.2) is 21.4 Å². The van der Waals surface area contributed by atoms with Crippen LogP contribution in [-0.2, 0) is 39.9 Å². The van der Waals surface area contributed by atoms with E-state index >= 15 is 13.7 Å². The van der Waals surface area contributed by atoms with Crippen molar-refractivity contribution in [2.45, 2.75) is 5.14 Å². The van der Waals surface area contributed by atoms with Crippen LogP contribution >= 0.6 is 46.2 Å². The van der Waals surface area contributed by atoms with Crippen molar-refractivity contribution in [3.05, 3.63) is 192 Å². The van der Waals surface area contributed by atoms with E-state index in [1.54, 1.807) is 0 Å². The number of hydrogen-bond donors (Lipinski definition) is 0. The Morgan fingerprint density at radius 2 is 0.627 bits per heavy atom. The van der Waals surface area contributed by atoms with Gasteiger partial charge in [0.05, 0.1) is 0 Å². The fourth-order valence-electron chi connectivity index (χ4n) is 6.02. The molecule has 0 aromatic heterocycles. The normalized spacial score (nSPS) is 12.8. The third kappa shape index (κ3) is 9.30. The first-order valence-electron chi connectivity index (χ1n) is 15.5. The van der Waals surface area contributed by atoms with Gasteiger partial charge in [0.25, 0.3) is 0 Å². The molecule has 1 unspecified atom stereocenters. The molecule has 0 saturated carbocycles. The fraction of sp³-hybridized carbons (Fsp3) is 0.0250. The first kappa shape index (κ1) is 43.6. The fourth-order valence-corrected chi connectivity index (χ4v) is 27.3. The van der Waals surface area contributed by atoms with Crippen molar-refractivity contribution in [1.82, 2.24) is 0 Å². The summed E-state index contributed by atoms with van der Waals surface area (Å²) in [4.78, 5) is 4.57. The van der Waals surface area contributed by atoms with Crippen LogP contribution < -0.4 is 31.8 Å². The van der Waals surface area contributed by atoms with Gasteiger partial charge in [0.2, 0.25) is 0 Å². The average Bonchev–Trinajstić information content (AvgIpc) is 3.78. The predicted octanol–water partition coefficient (Wildman–Crippen LogP) is 7.40. The summed E-state index contributed by atoms with van der Waals surface area (Å²) in [7, 11) is -11.9. The summed E-state index contributed by atoms with van der Waals surface area (Å²) in [6.45, 7) is 0. The van der Waals surface area contributed by atoms with Crippen LogP contribution in [0.2, 0.25) is 0 Å². The summed E-state index contributed by atoms with van der Waals surface area (Å²) < 4.78 is 53.0. The van der Waals surface area contributed by atoms with Crippen molar-refractivity contribution in [3.8, 4) is 0 Å². The Kier molecular flexibility index (Phi) is 17.6. The standard InChI is InChI=1S/C37H31O3P3.C3H3As2.2ClH.Zr/c38-41(31-19-7-1-8-20-31,32-21-9-2-10-22-32)37(42(39,33-23-11-3-12-24-33)34-25-13-4-14-26-34)43(40,35-27-15-5-16-28-35)36-29-17-6-18-30-36;1-2-5-3-4-1;;;/h1-30,37H;1-2,4H;2*1H;/q;-1;;;. The van der Waals surface area contributed by atoms with Crippen LogP contribution in [0.1, 0.15) is 0 Å². The van der Waals surface area contributed by atoms with E-state index in [1.807, 2.05) is 182 Å². The van der Waals surface area contributed by atoms with Gasteiger partial charge < -0.3 is 13.7 Å². The summed E-state index contributed by atoms with van der Waals surface area (Å²) in [5, 5.41) is 1.80. The quantitative estimate of drug-likeness (QED) is 0.0864. The van der Waals surface area contributed by atoms with E-state index in [1.165, 1.54) is 0 Å². The zero-order valence-electron chi connectivity index (χ0n) is 27.4. The minimum Gasteiger partial charge on any atom is 0 e. The van der Waals surface area contributed by atoms with Crippen LogP contribution in [0.3, 0.4) is 0 Å². The van der Waals surface area contributed by atoms with Gasteiger partial charge in [-0.3, -0.25) is 0 Å². The van der Waals surface area contributed by atoms with Gasteiger partial charge in [-0.1, -0.05) is 182 Å². The third-order valence-corrected chi connectivity index (χ3v) is 28.3. The molecule has 51 heavy (non-hydrogen) atoms. The molecule has 3 nitrogen and oxygen atoms in total. The Morgan fingerprint density at radius 3 is 0.765 bits per heavy atom. The second-order valence-corrected chi connectivity index (χ2v) is 26.2. The third-order valence-electron chi connectivity index (χ3n) is 8.18. The van der Waals surface area contributed by atoms with Crippen LogP contribution in [0.4, 0.5) is 0 Å². The van der Waals surface area contributed by atoms with Crippen molar-refractivity contribution < 1.29 is 39.9 Å². The maximum Gasteiger partial charge on any atom is 0 e. The minimum absolute atomic E-state index is 0. The molecule has 0 radical (unpaired) electrons. The maximum absolute atomic E-state index is 16.6. The minimum atomic E-state index is -3.97. The van der Waals surface area contributed by atoms with Crippen LogP contribution in [0.5, 0.6) is 0 Å². The maximum atomic E-state index is 16.6. The molecule has 0 saturated heterocycles. The SMILES string of the molecule is Cl.Cl.O=P(c1ccccc1)(c1ccccc1)C(P(=O)(c1ccccc1)c1ccccc1)P(=O)(c1ccccc1)c1ccccc1.[C-]1=[As]C=C[AsH]1.[Zr]. The smallest absolute Gasteiger partial charge is 0 e. The molecule has 1 aliphatic heterocycles. The molecule has 0 bridgehead atoms. The summed E-state index contributed by atoms with van der Waals surface area (Å²) >= 11 is 0.729. The van der Waals surface area contributed by atoms with Crippen molar-refractivity contribution in [2.24, 2.45) is 0 Å². The van der Waals surface area contributed by atoms with Crippen molar-refractivity contribution in [2.75, 3.05) is 0 Å². The Bertz CT molecular complexity index is 1780. The van der Waals surface area contributed by atoms with Gasteiger partial charge in [-0.25, -0.2) is 0 Å². The van der Waals surface area contributed by atoms with Gasteiger partial charge >= 0.3 is 44.4 Å². The topological polar surface area (TPSA) is 51.2 Å². The Hall–Kier alpha value is -1.80. The van der Waals surface area contributed by atoms with Crippen molar-refractivity contribution >= 4 is 113 Å². The summed E-state index contributed by atoms with van der Waals surface area (Å²) in [6.07, 6.45) is 0. The predicted molar refractivity (Wildman–Crippen MR) is 225 cm³/mol. The van der Waals surface area contributed by atoms with Gasteiger partial charge in [-0.2, -0.15) is 0 Å². The molecule has 0 N–H and O–H groups in total. The Morgan fingerprint density at radius 1 is 0.412 bits per heavy atom. The number of halogens is 2. The second kappa shape index (κ2) is 20.6. The van der Waals surface area contributed by atoms with E-state index in [9.17, 15) is 0 Å². The summed E-state index contributed by atoms with van der Waals surface area (Å²) in [5.74, 6) is 0. The molecule has 11 heteroatoms. The van der Waals surface area contributed by atoms with Crippen LogP contribution in [0, 0.1) is 0 Å². The molecular weight excluding hydrogens is 933 g/mol. The van der Waals surface area contributed by atoms with E-state index in [-0.39, 0.29) is 66.8 Å². The summed E-state index contributed by atoms with van der Waals surface area (Å²) in [5.41, 5.74) is 0. The molecule has 1 atom stereocenters. The number of benzene rings is 6. The zero-order valence-corrected chi connectivity index (χ0v) is 38.1. The van der Waals surface area contributed by atoms with E-state index in [2.05, 4.69) is 13.3 Å². The van der Waals surface area contributed by atoms with E-state index in [0.29, 0.717) is 47.1 Å². The molecule has 6 aromatic carbocycles. The Labute approximate surface area is 346 Å².